The Labute approximate surface area is 145 Å². The maximum atomic E-state index is 12.5. The second kappa shape index (κ2) is 9.42. The molecule has 0 radical (unpaired) electrons. The van der Waals surface area contributed by atoms with Crippen LogP contribution in [0.25, 0.3) is 0 Å². The number of anilines is 1. The molecule has 2 atom stereocenters. The van der Waals surface area contributed by atoms with Gasteiger partial charge < -0.3 is 10.6 Å². The van der Waals surface area contributed by atoms with Crippen LogP contribution in [0.1, 0.15) is 39.7 Å². The van der Waals surface area contributed by atoms with E-state index in [9.17, 15) is 9.59 Å². The molecule has 1 rings (SSSR count). The second-order valence-corrected chi connectivity index (χ2v) is 6.66. The molecule has 0 spiro atoms. The van der Waals surface area contributed by atoms with E-state index in [0.717, 1.165) is 12.1 Å². The molecule has 0 unspecified atom stereocenters. The quantitative estimate of drug-likeness (QED) is 0.769. The lowest BCUT2D eigenvalue weighted by atomic mass is 10.0. The predicted molar refractivity (Wildman–Crippen MR) is 99.0 cm³/mol. The van der Waals surface area contributed by atoms with Crippen molar-refractivity contribution in [3.63, 3.8) is 0 Å². The van der Waals surface area contributed by atoms with Gasteiger partial charge in [0, 0.05) is 5.69 Å². The number of rotatable bonds is 8. The zero-order valence-electron chi connectivity index (χ0n) is 15.7. The molecule has 0 saturated carbocycles. The van der Waals surface area contributed by atoms with Gasteiger partial charge in [0.25, 0.3) is 0 Å². The molecule has 0 heterocycles. The van der Waals surface area contributed by atoms with E-state index in [1.54, 1.807) is 0 Å². The molecule has 0 aliphatic rings. The third-order valence-electron chi connectivity index (χ3n) is 4.13. The molecule has 2 N–H and O–H groups in total. The summed E-state index contributed by atoms with van der Waals surface area (Å²) in [5.74, 6) is -0.128. The summed E-state index contributed by atoms with van der Waals surface area (Å²) in [7, 11) is 3.75. The zero-order valence-corrected chi connectivity index (χ0v) is 15.7. The highest BCUT2D eigenvalue weighted by Gasteiger charge is 2.28. The number of carbonyl (C=O) groups excluding carboxylic acids is 2. The van der Waals surface area contributed by atoms with E-state index in [4.69, 9.17) is 0 Å². The van der Waals surface area contributed by atoms with Crippen LogP contribution in [-0.4, -0.2) is 42.9 Å². The molecule has 2 amide bonds. The fraction of sp³-hybridized carbons (Fsp3) is 0.579. The van der Waals surface area contributed by atoms with Gasteiger partial charge in [-0.3, -0.25) is 14.5 Å². The van der Waals surface area contributed by atoms with Gasteiger partial charge >= 0.3 is 0 Å². The molecule has 0 aliphatic carbocycles. The number of aryl methyl sites for hydroxylation is 1. The van der Waals surface area contributed by atoms with Gasteiger partial charge in [0.1, 0.15) is 6.04 Å². The summed E-state index contributed by atoms with van der Waals surface area (Å²) >= 11 is 0. The Bertz CT molecular complexity index is 530. The number of carbonyl (C=O) groups is 2. The van der Waals surface area contributed by atoms with E-state index in [-0.39, 0.29) is 23.8 Å². The number of benzene rings is 1. The molecule has 134 valence electrons. The Balaban J connectivity index is 2.73. The van der Waals surface area contributed by atoms with Gasteiger partial charge in [0.15, 0.2) is 0 Å². The standard InChI is InChI=1S/C19H31N3O2/c1-7-14-9-11-15(12-10-14)20-18(23)16(8-2)21-19(24)17(13(3)4)22(5)6/h9-13,16-17H,7-8H2,1-6H3,(H,20,23)(H,21,24)/t16-,17-/m0/s1. The Morgan fingerprint density at radius 3 is 2.04 bits per heavy atom. The lowest BCUT2D eigenvalue weighted by Gasteiger charge is -2.28. The van der Waals surface area contributed by atoms with E-state index < -0.39 is 6.04 Å². The van der Waals surface area contributed by atoms with Crippen LogP contribution in [-0.2, 0) is 16.0 Å². The number of nitrogens with one attached hydrogen (secondary N) is 2. The molecule has 5 heteroatoms. The van der Waals surface area contributed by atoms with E-state index in [1.807, 2.05) is 64.0 Å². The SMILES string of the molecule is CCc1ccc(NC(=O)[C@H](CC)NC(=O)[C@H](C(C)C)N(C)C)cc1. The molecule has 1 aromatic rings. The topological polar surface area (TPSA) is 61.4 Å². The molecule has 0 fully saturated rings. The minimum Gasteiger partial charge on any atom is -0.343 e. The molecule has 24 heavy (non-hydrogen) atoms. The molecule has 0 aromatic heterocycles. The van der Waals surface area contributed by atoms with Crippen LogP contribution in [0.2, 0.25) is 0 Å². The fourth-order valence-electron chi connectivity index (χ4n) is 2.80. The molecule has 0 aliphatic heterocycles. The van der Waals surface area contributed by atoms with Gasteiger partial charge in [-0.25, -0.2) is 0 Å². The summed E-state index contributed by atoms with van der Waals surface area (Å²) in [5.41, 5.74) is 1.97. The maximum absolute atomic E-state index is 12.5. The highest BCUT2D eigenvalue weighted by Crippen LogP contribution is 2.12. The fourth-order valence-corrected chi connectivity index (χ4v) is 2.80. The van der Waals surface area contributed by atoms with Crippen molar-refractivity contribution in [3.05, 3.63) is 29.8 Å². The summed E-state index contributed by atoms with van der Waals surface area (Å²) < 4.78 is 0. The summed E-state index contributed by atoms with van der Waals surface area (Å²) in [6.45, 7) is 7.98. The van der Waals surface area contributed by atoms with Crippen LogP contribution in [0, 0.1) is 5.92 Å². The predicted octanol–water partition coefficient (Wildman–Crippen LogP) is 2.67. The average Bonchev–Trinajstić information content (AvgIpc) is 2.52. The Hall–Kier alpha value is -1.88. The van der Waals surface area contributed by atoms with Crippen LogP contribution in [0.4, 0.5) is 5.69 Å². The number of likely N-dealkylation sites (N-methyl/N-ethyl adjacent to an activating group) is 1. The van der Waals surface area contributed by atoms with Crippen molar-refractivity contribution in [2.45, 2.75) is 52.6 Å². The van der Waals surface area contributed by atoms with Gasteiger partial charge in [-0.05, 0) is 50.6 Å². The minimum absolute atomic E-state index is 0.113. The number of hydrogen-bond donors (Lipinski definition) is 2. The van der Waals surface area contributed by atoms with Crippen molar-refractivity contribution in [2.24, 2.45) is 5.92 Å². The first-order chi connectivity index (χ1) is 11.3. The van der Waals surface area contributed by atoms with Crippen LogP contribution >= 0.6 is 0 Å². The minimum atomic E-state index is -0.537. The molecular formula is C19H31N3O2. The summed E-state index contributed by atoms with van der Waals surface area (Å²) in [6, 6.07) is 6.98. The van der Waals surface area contributed by atoms with Crippen LogP contribution in [0.3, 0.4) is 0 Å². The first-order valence-electron chi connectivity index (χ1n) is 8.66. The van der Waals surface area contributed by atoms with Crippen LogP contribution in [0.15, 0.2) is 24.3 Å². The summed E-state index contributed by atoms with van der Waals surface area (Å²) in [6.07, 6.45) is 1.51. The molecule has 0 bridgehead atoms. The summed E-state index contributed by atoms with van der Waals surface area (Å²) in [4.78, 5) is 26.8. The molecule has 0 saturated heterocycles. The molecule has 1 aromatic carbocycles. The Morgan fingerprint density at radius 2 is 1.62 bits per heavy atom. The second-order valence-electron chi connectivity index (χ2n) is 6.66. The number of nitrogens with zero attached hydrogens (tertiary/aromatic N) is 1. The Morgan fingerprint density at radius 1 is 1.04 bits per heavy atom. The van der Waals surface area contributed by atoms with E-state index in [2.05, 4.69) is 17.6 Å². The third kappa shape index (κ3) is 5.64. The number of amides is 2. The van der Waals surface area contributed by atoms with Crippen molar-refractivity contribution < 1.29 is 9.59 Å². The highest BCUT2D eigenvalue weighted by atomic mass is 16.2. The first-order valence-corrected chi connectivity index (χ1v) is 8.66. The van der Waals surface area contributed by atoms with Crippen molar-refractivity contribution in [3.8, 4) is 0 Å². The molecular weight excluding hydrogens is 302 g/mol. The maximum Gasteiger partial charge on any atom is 0.246 e. The van der Waals surface area contributed by atoms with Crippen molar-refractivity contribution in [1.29, 1.82) is 0 Å². The monoisotopic (exact) mass is 333 g/mol. The zero-order chi connectivity index (χ0) is 18.3. The van der Waals surface area contributed by atoms with Crippen LogP contribution in [0.5, 0.6) is 0 Å². The van der Waals surface area contributed by atoms with Gasteiger partial charge in [-0.15, -0.1) is 0 Å². The molecule has 5 nitrogen and oxygen atoms in total. The lowest BCUT2D eigenvalue weighted by Crippen LogP contribution is -2.52. The lowest BCUT2D eigenvalue weighted by molar-refractivity contribution is -0.130. The van der Waals surface area contributed by atoms with Crippen molar-refractivity contribution >= 4 is 17.5 Å². The van der Waals surface area contributed by atoms with Crippen molar-refractivity contribution in [1.82, 2.24) is 10.2 Å². The van der Waals surface area contributed by atoms with E-state index in [1.165, 1.54) is 5.56 Å². The van der Waals surface area contributed by atoms with Crippen molar-refractivity contribution in [2.75, 3.05) is 19.4 Å². The highest BCUT2D eigenvalue weighted by molar-refractivity contribution is 5.97. The van der Waals surface area contributed by atoms with Crippen LogP contribution < -0.4 is 10.6 Å². The average molecular weight is 333 g/mol. The van der Waals surface area contributed by atoms with Gasteiger partial charge in [0.2, 0.25) is 11.8 Å². The summed E-state index contributed by atoms with van der Waals surface area (Å²) in [5, 5.41) is 5.76. The Kier molecular flexibility index (Phi) is 7.92. The van der Waals surface area contributed by atoms with E-state index in [0.29, 0.717) is 6.42 Å². The third-order valence-corrected chi connectivity index (χ3v) is 4.13. The smallest absolute Gasteiger partial charge is 0.246 e. The van der Waals surface area contributed by atoms with E-state index >= 15 is 0 Å². The van der Waals surface area contributed by atoms with Gasteiger partial charge in [-0.2, -0.15) is 0 Å². The normalized spacial score (nSPS) is 13.7. The first kappa shape index (κ1) is 20.2. The largest absolute Gasteiger partial charge is 0.343 e. The number of hydrogen-bond acceptors (Lipinski definition) is 3. The van der Waals surface area contributed by atoms with Gasteiger partial charge in [-0.1, -0.05) is 39.8 Å². The van der Waals surface area contributed by atoms with Gasteiger partial charge in [0.05, 0.1) is 6.04 Å².